The average Bonchev–Trinajstić information content (AvgIpc) is 2.66. The van der Waals surface area contributed by atoms with Crippen LogP contribution in [-0.2, 0) is 0 Å². The van der Waals surface area contributed by atoms with Crippen molar-refractivity contribution in [2.45, 2.75) is 31.8 Å². The van der Waals surface area contributed by atoms with Gasteiger partial charge in [0.15, 0.2) is 0 Å². The fourth-order valence-electron chi connectivity index (χ4n) is 3.63. The molecule has 0 fully saturated rings. The van der Waals surface area contributed by atoms with E-state index in [-0.39, 0.29) is 5.92 Å². The molecule has 0 saturated carbocycles. The lowest BCUT2D eigenvalue weighted by Crippen LogP contribution is -2.55. The van der Waals surface area contributed by atoms with Crippen LogP contribution in [0.2, 0.25) is 0 Å². The molecule has 0 aliphatic carbocycles. The van der Waals surface area contributed by atoms with Crippen LogP contribution in [0.25, 0.3) is 0 Å². The molecule has 0 spiro atoms. The normalized spacial score (nSPS) is 11.6. The van der Waals surface area contributed by atoms with Gasteiger partial charge in [-0.3, -0.25) is 0 Å². The minimum Gasteiger partial charge on any atom is -0.497 e. The first-order chi connectivity index (χ1) is 13.2. The Morgan fingerprint density at radius 3 is 1.25 bits per heavy atom. The zero-order chi connectivity index (χ0) is 20.9. The lowest BCUT2D eigenvalue weighted by molar-refractivity contribution is 0.313. The molecule has 28 heavy (non-hydrogen) atoms. The Labute approximate surface area is 167 Å². The zero-order valence-corrected chi connectivity index (χ0v) is 17.6. The largest absolute Gasteiger partial charge is 0.497 e. The molecule has 0 radical (unpaired) electrons. The first-order valence-corrected chi connectivity index (χ1v) is 9.27. The summed E-state index contributed by atoms with van der Waals surface area (Å²) in [6, 6.07) is 11.4. The lowest BCUT2D eigenvalue weighted by atomic mass is 9.77. The Kier molecular flexibility index (Phi) is 7.16. The third-order valence-electron chi connectivity index (χ3n) is 4.71. The molecule has 6 nitrogen and oxygen atoms in total. The van der Waals surface area contributed by atoms with E-state index in [4.69, 9.17) is 30.4 Å². The highest BCUT2D eigenvalue weighted by atomic mass is 16.5. The second-order valence-electron chi connectivity index (χ2n) is 7.44. The van der Waals surface area contributed by atoms with Crippen molar-refractivity contribution in [2.75, 3.05) is 28.4 Å². The van der Waals surface area contributed by atoms with Crippen LogP contribution in [0, 0.1) is 5.92 Å². The van der Waals surface area contributed by atoms with Crippen molar-refractivity contribution in [1.29, 1.82) is 0 Å². The SMILES string of the molecule is COc1cc(OC)cc(C(c2cc(OC)cc(OC)c2)C(N)(N)CC(C)C)c1. The molecule has 154 valence electrons. The van der Waals surface area contributed by atoms with Gasteiger partial charge in [-0.1, -0.05) is 13.8 Å². The van der Waals surface area contributed by atoms with Gasteiger partial charge in [0, 0.05) is 18.1 Å². The Bertz CT molecular complexity index is 690. The summed E-state index contributed by atoms with van der Waals surface area (Å²) in [5, 5.41) is 0. The molecule has 4 N–H and O–H groups in total. The van der Waals surface area contributed by atoms with Gasteiger partial charge < -0.3 is 30.4 Å². The van der Waals surface area contributed by atoms with Crippen LogP contribution >= 0.6 is 0 Å². The predicted molar refractivity (Wildman–Crippen MR) is 111 cm³/mol. The maximum Gasteiger partial charge on any atom is 0.122 e. The molecule has 0 unspecified atom stereocenters. The molecule has 0 aromatic heterocycles. The van der Waals surface area contributed by atoms with Crippen molar-refractivity contribution in [3.63, 3.8) is 0 Å². The van der Waals surface area contributed by atoms with Crippen molar-refractivity contribution in [1.82, 2.24) is 0 Å². The molecule has 0 saturated heterocycles. The molecule has 6 heteroatoms. The maximum atomic E-state index is 6.71. The smallest absolute Gasteiger partial charge is 0.122 e. The van der Waals surface area contributed by atoms with Gasteiger partial charge in [0.1, 0.15) is 23.0 Å². The highest BCUT2D eigenvalue weighted by molar-refractivity contribution is 5.49. The summed E-state index contributed by atoms with van der Waals surface area (Å²) < 4.78 is 21.8. The summed E-state index contributed by atoms with van der Waals surface area (Å²) in [7, 11) is 6.48. The van der Waals surface area contributed by atoms with Crippen molar-refractivity contribution in [3.8, 4) is 23.0 Å². The van der Waals surface area contributed by atoms with Crippen LogP contribution < -0.4 is 30.4 Å². The van der Waals surface area contributed by atoms with Crippen molar-refractivity contribution < 1.29 is 18.9 Å². The molecular formula is C22H32N2O4. The molecule has 2 rings (SSSR count). The van der Waals surface area contributed by atoms with Crippen LogP contribution in [0.15, 0.2) is 36.4 Å². The van der Waals surface area contributed by atoms with Crippen molar-refractivity contribution in [3.05, 3.63) is 47.5 Å². The van der Waals surface area contributed by atoms with Crippen LogP contribution in [0.3, 0.4) is 0 Å². The molecule has 0 heterocycles. The van der Waals surface area contributed by atoms with Crippen molar-refractivity contribution >= 4 is 0 Å². The number of nitrogens with two attached hydrogens (primary N) is 2. The van der Waals surface area contributed by atoms with Crippen LogP contribution in [0.1, 0.15) is 37.3 Å². The Morgan fingerprint density at radius 1 is 0.679 bits per heavy atom. The molecule has 2 aromatic carbocycles. The van der Waals surface area contributed by atoms with Gasteiger partial charge in [0.2, 0.25) is 0 Å². The Balaban J connectivity index is 2.71. The molecular weight excluding hydrogens is 356 g/mol. The molecule has 0 amide bonds. The summed E-state index contributed by atoms with van der Waals surface area (Å²) in [5.74, 6) is 2.69. The number of benzene rings is 2. The fourth-order valence-corrected chi connectivity index (χ4v) is 3.63. The highest BCUT2D eigenvalue weighted by Gasteiger charge is 2.35. The van der Waals surface area contributed by atoms with Gasteiger partial charge in [-0.2, -0.15) is 0 Å². The van der Waals surface area contributed by atoms with Crippen molar-refractivity contribution in [2.24, 2.45) is 17.4 Å². The molecule has 0 atom stereocenters. The van der Waals surface area contributed by atoms with Gasteiger partial charge in [-0.05, 0) is 47.7 Å². The second kappa shape index (κ2) is 9.17. The minimum atomic E-state index is -1.01. The standard InChI is InChI=1S/C22H32N2O4/c1-14(2)13-22(23,24)21(15-7-17(25-3)11-18(8-15)26-4)16-9-19(27-5)12-20(10-16)28-6/h7-12,14,21H,13,23-24H2,1-6H3. The van der Waals surface area contributed by atoms with E-state index in [9.17, 15) is 0 Å². The molecule has 0 aliphatic rings. The number of rotatable bonds is 9. The third kappa shape index (κ3) is 5.09. The zero-order valence-electron chi connectivity index (χ0n) is 17.6. The van der Waals surface area contributed by atoms with E-state index < -0.39 is 5.66 Å². The summed E-state index contributed by atoms with van der Waals surface area (Å²) in [4.78, 5) is 0. The van der Waals surface area contributed by atoms with E-state index in [0.29, 0.717) is 35.3 Å². The van der Waals surface area contributed by atoms with E-state index in [1.165, 1.54) is 0 Å². The quantitative estimate of drug-likeness (QED) is 0.639. The van der Waals surface area contributed by atoms with E-state index in [1.807, 2.05) is 36.4 Å². The molecule has 0 aliphatic heterocycles. The van der Waals surface area contributed by atoms with Gasteiger partial charge >= 0.3 is 0 Å². The topological polar surface area (TPSA) is 89.0 Å². The summed E-state index contributed by atoms with van der Waals surface area (Å²) in [5.41, 5.74) is 14.2. The van der Waals surface area contributed by atoms with Crippen LogP contribution in [0.5, 0.6) is 23.0 Å². The lowest BCUT2D eigenvalue weighted by Gasteiger charge is -2.36. The van der Waals surface area contributed by atoms with E-state index in [1.54, 1.807) is 28.4 Å². The molecule has 2 aromatic rings. The van der Waals surface area contributed by atoms with E-state index in [0.717, 1.165) is 11.1 Å². The summed E-state index contributed by atoms with van der Waals surface area (Å²) in [6.45, 7) is 4.20. The predicted octanol–water partition coefficient (Wildman–Crippen LogP) is 3.51. The van der Waals surface area contributed by atoms with E-state index in [2.05, 4.69) is 13.8 Å². The van der Waals surface area contributed by atoms with E-state index >= 15 is 0 Å². The summed E-state index contributed by atoms with van der Waals surface area (Å²) in [6.07, 6.45) is 0.622. The molecule has 0 bridgehead atoms. The van der Waals surface area contributed by atoms with Gasteiger partial charge in [0.25, 0.3) is 0 Å². The first-order valence-electron chi connectivity index (χ1n) is 9.27. The van der Waals surface area contributed by atoms with Gasteiger partial charge in [0.05, 0.1) is 34.1 Å². The fraction of sp³-hybridized carbons (Fsp3) is 0.455. The maximum absolute atomic E-state index is 6.71. The van der Waals surface area contributed by atoms with Crippen LogP contribution in [-0.4, -0.2) is 34.1 Å². The van der Waals surface area contributed by atoms with Gasteiger partial charge in [-0.15, -0.1) is 0 Å². The first kappa shape index (κ1) is 21.9. The number of ether oxygens (including phenoxy) is 4. The van der Waals surface area contributed by atoms with Gasteiger partial charge in [-0.25, -0.2) is 0 Å². The number of methoxy groups -OCH3 is 4. The number of hydrogen-bond acceptors (Lipinski definition) is 6. The number of hydrogen-bond donors (Lipinski definition) is 2. The summed E-state index contributed by atoms with van der Waals surface area (Å²) >= 11 is 0. The second-order valence-corrected chi connectivity index (χ2v) is 7.44. The third-order valence-corrected chi connectivity index (χ3v) is 4.71. The monoisotopic (exact) mass is 388 g/mol. The minimum absolute atomic E-state index is 0.317. The average molecular weight is 389 g/mol. The highest BCUT2D eigenvalue weighted by Crippen LogP contribution is 2.40. The van der Waals surface area contributed by atoms with Crippen LogP contribution in [0.4, 0.5) is 0 Å². The Morgan fingerprint density at radius 2 is 1.00 bits per heavy atom. The Hall–Kier alpha value is -2.44.